The van der Waals surface area contributed by atoms with Gasteiger partial charge in [0.05, 0.1) is 0 Å². The third kappa shape index (κ3) is 2.17. The monoisotopic (exact) mass is 227 g/mol. The average molecular weight is 228 g/mol. The van der Waals surface area contributed by atoms with Crippen molar-refractivity contribution in [1.82, 2.24) is 0 Å². The number of hydrogen-bond donors (Lipinski definition) is 0. The maximum absolute atomic E-state index is 10.5. The highest BCUT2D eigenvalue weighted by atomic mass is 35.5. The molecule has 0 aliphatic carbocycles. The first-order valence-corrected chi connectivity index (χ1v) is 5.58. The van der Waals surface area contributed by atoms with Crippen LogP contribution in [0, 0.1) is 5.92 Å². The Kier molecular flexibility index (Phi) is 3.00. The molecule has 0 saturated carbocycles. The van der Waals surface area contributed by atoms with Gasteiger partial charge in [-0.15, -0.1) is 0 Å². The van der Waals surface area contributed by atoms with Crippen molar-refractivity contribution in [1.29, 1.82) is 0 Å². The van der Waals surface area contributed by atoms with Gasteiger partial charge >= 0.3 is 0 Å². The fraction of sp³-hybridized carbons (Fsp3) is 0.545. The second-order valence-electron chi connectivity index (χ2n) is 4.09. The van der Waals surface area contributed by atoms with Crippen LogP contribution in [0.4, 0.5) is 5.88 Å². The molecule has 1 saturated heterocycles. The predicted molar refractivity (Wildman–Crippen MR) is 59.7 cm³/mol. The molecule has 2 rings (SSSR count). The maximum Gasteiger partial charge on any atom is 0.215 e. The molecule has 82 valence electrons. The van der Waals surface area contributed by atoms with E-state index in [-0.39, 0.29) is 0 Å². The van der Waals surface area contributed by atoms with Crippen LogP contribution in [-0.4, -0.2) is 19.4 Å². The largest absolute Gasteiger partial charge is 0.436 e. The third-order valence-electron chi connectivity index (χ3n) is 2.87. The molecule has 15 heavy (non-hydrogen) atoms. The highest BCUT2D eigenvalue weighted by Crippen LogP contribution is 2.32. The van der Waals surface area contributed by atoms with Crippen LogP contribution in [0.25, 0.3) is 0 Å². The first-order valence-electron chi connectivity index (χ1n) is 5.20. The molecule has 1 aromatic heterocycles. The van der Waals surface area contributed by atoms with Crippen LogP contribution in [-0.2, 0) is 0 Å². The van der Waals surface area contributed by atoms with Crippen molar-refractivity contribution >= 4 is 23.8 Å². The smallest absolute Gasteiger partial charge is 0.215 e. The van der Waals surface area contributed by atoms with Crippen molar-refractivity contribution in [2.45, 2.75) is 19.8 Å². The second kappa shape index (κ2) is 4.27. The Hall–Kier alpha value is -0.960. The van der Waals surface area contributed by atoms with E-state index in [2.05, 4.69) is 11.8 Å². The number of aldehydes is 1. The fourth-order valence-electron chi connectivity index (χ4n) is 1.86. The van der Waals surface area contributed by atoms with E-state index in [0.29, 0.717) is 23.0 Å². The summed E-state index contributed by atoms with van der Waals surface area (Å²) in [4.78, 5) is 12.6. The van der Waals surface area contributed by atoms with Crippen molar-refractivity contribution < 1.29 is 9.21 Å². The minimum Gasteiger partial charge on any atom is -0.436 e. The van der Waals surface area contributed by atoms with E-state index in [1.54, 1.807) is 6.07 Å². The van der Waals surface area contributed by atoms with Gasteiger partial charge in [-0.1, -0.05) is 18.5 Å². The van der Waals surface area contributed by atoms with Gasteiger partial charge in [-0.25, -0.2) is 0 Å². The minimum absolute atomic E-state index is 0.300. The number of nitrogens with zero attached hydrogens (tertiary/aromatic N) is 1. The predicted octanol–water partition coefficient (Wildman–Crippen LogP) is 2.98. The molecule has 2 heterocycles. The van der Waals surface area contributed by atoms with Crippen LogP contribution < -0.4 is 4.90 Å². The molecule has 0 N–H and O–H groups in total. The minimum atomic E-state index is 0.300. The molecular formula is C11H14ClNO2. The summed E-state index contributed by atoms with van der Waals surface area (Å²) in [5.41, 5.74) is 0. The Morgan fingerprint density at radius 2 is 2.20 bits per heavy atom. The topological polar surface area (TPSA) is 33.5 Å². The molecule has 3 nitrogen and oxygen atoms in total. The number of hydrogen-bond acceptors (Lipinski definition) is 3. The van der Waals surface area contributed by atoms with Gasteiger partial charge in [-0.05, 0) is 18.8 Å². The van der Waals surface area contributed by atoms with Gasteiger partial charge in [-0.2, -0.15) is 0 Å². The van der Waals surface area contributed by atoms with Gasteiger partial charge in [0, 0.05) is 19.2 Å². The molecule has 0 spiro atoms. The Labute approximate surface area is 94.0 Å². The summed E-state index contributed by atoms with van der Waals surface area (Å²) in [7, 11) is 0. The van der Waals surface area contributed by atoms with Gasteiger partial charge in [0.25, 0.3) is 0 Å². The number of anilines is 1. The second-order valence-corrected chi connectivity index (χ2v) is 4.50. The number of rotatable bonds is 2. The van der Waals surface area contributed by atoms with E-state index in [9.17, 15) is 4.79 Å². The maximum atomic E-state index is 10.5. The molecule has 0 bridgehead atoms. The lowest BCUT2D eigenvalue weighted by Gasteiger charge is -2.30. The molecule has 0 radical (unpaired) electrons. The number of carbonyl (C=O) groups is 1. The molecular weight excluding hydrogens is 214 g/mol. The van der Waals surface area contributed by atoms with Crippen LogP contribution in [0.5, 0.6) is 0 Å². The van der Waals surface area contributed by atoms with E-state index >= 15 is 0 Å². The summed E-state index contributed by atoms with van der Waals surface area (Å²) in [5, 5.41) is 0.534. The highest BCUT2D eigenvalue weighted by Gasteiger charge is 2.21. The lowest BCUT2D eigenvalue weighted by molar-refractivity contribution is 0.110. The number of piperidine rings is 1. The van der Waals surface area contributed by atoms with E-state index < -0.39 is 0 Å². The highest BCUT2D eigenvalue weighted by molar-refractivity contribution is 6.33. The van der Waals surface area contributed by atoms with E-state index in [1.165, 1.54) is 0 Å². The van der Waals surface area contributed by atoms with Crippen LogP contribution in [0.15, 0.2) is 10.5 Å². The van der Waals surface area contributed by atoms with Crippen molar-refractivity contribution in [3.05, 3.63) is 16.8 Å². The Morgan fingerprint density at radius 1 is 1.53 bits per heavy atom. The zero-order valence-electron chi connectivity index (χ0n) is 8.70. The van der Waals surface area contributed by atoms with Crippen LogP contribution in [0.3, 0.4) is 0 Å². The van der Waals surface area contributed by atoms with Crippen molar-refractivity contribution in [2.75, 3.05) is 18.0 Å². The molecule has 4 heteroatoms. The summed E-state index contributed by atoms with van der Waals surface area (Å²) >= 11 is 6.00. The van der Waals surface area contributed by atoms with Crippen LogP contribution >= 0.6 is 11.6 Å². The quantitative estimate of drug-likeness (QED) is 0.729. The average Bonchev–Trinajstić information content (AvgIpc) is 2.61. The van der Waals surface area contributed by atoms with Gasteiger partial charge in [0.15, 0.2) is 12.0 Å². The molecule has 1 aliphatic rings. The molecule has 1 fully saturated rings. The zero-order chi connectivity index (χ0) is 10.8. The molecule has 1 aromatic rings. The summed E-state index contributed by atoms with van der Waals surface area (Å²) in [6.07, 6.45) is 2.98. The van der Waals surface area contributed by atoms with Crippen LogP contribution in [0.1, 0.15) is 30.3 Å². The Morgan fingerprint density at radius 3 is 2.73 bits per heavy atom. The lowest BCUT2D eigenvalue weighted by atomic mass is 9.99. The molecule has 0 atom stereocenters. The van der Waals surface area contributed by atoms with Crippen molar-refractivity contribution in [2.24, 2.45) is 5.92 Å². The number of halogens is 1. The Balaban J connectivity index is 2.14. The lowest BCUT2D eigenvalue weighted by Crippen LogP contribution is -2.32. The van der Waals surface area contributed by atoms with Crippen molar-refractivity contribution in [3.63, 3.8) is 0 Å². The van der Waals surface area contributed by atoms with Crippen molar-refractivity contribution in [3.8, 4) is 0 Å². The van der Waals surface area contributed by atoms with Gasteiger partial charge in [-0.3, -0.25) is 4.79 Å². The van der Waals surface area contributed by atoms with Gasteiger partial charge in [0.2, 0.25) is 5.88 Å². The number of furan rings is 1. The Bertz CT molecular complexity index is 353. The standard InChI is InChI=1S/C11H14ClNO2/c1-8-2-4-13(5-3-8)11-10(12)6-9(7-14)15-11/h6-8H,2-5H2,1H3. The first kappa shape index (κ1) is 10.6. The van der Waals surface area contributed by atoms with E-state index in [1.807, 2.05) is 0 Å². The normalized spacial score (nSPS) is 18.1. The van der Waals surface area contributed by atoms with Crippen LogP contribution in [0.2, 0.25) is 5.02 Å². The fourth-order valence-corrected chi connectivity index (χ4v) is 2.13. The molecule has 0 amide bonds. The first-order chi connectivity index (χ1) is 7.20. The van der Waals surface area contributed by atoms with Gasteiger partial charge < -0.3 is 9.32 Å². The van der Waals surface area contributed by atoms with E-state index in [4.69, 9.17) is 16.0 Å². The summed E-state index contributed by atoms with van der Waals surface area (Å²) in [6.45, 7) is 4.15. The SMILES string of the molecule is CC1CCN(c2oc(C=O)cc2Cl)CC1. The summed E-state index contributed by atoms with van der Waals surface area (Å²) in [6, 6.07) is 1.57. The molecule has 0 unspecified atom stereocenters. The zero-order valence-corrected chi connectivity index (χ0v) is 9.46. The molecule has 1 aliphatic heterocycles. The third-order valence-corrected chi connectivity index (χ3v) is 3.15. The molecule has 0 aromatic carbocycles. The van der Waals surface area contributed by atoms with E-state index in [0.717, 1.165) is 31.8 Å². The van der Waals surface area contributed by atoms with Gasteiger partial charge in [0.1, 0.15) is 5.02 Å². The number of carbonyl (C=O) groups excluding carboxylic acids is 1. The summed E-state index contributed by atoms with van der Waals surface area (Å²) in [5.74, 6) is 1.71. The summed E-state index contributed by atoms with van der Waals surface area (Å²) < 4.78 is 5.36.